The molecule has 0 aliphatic rings. The number of pyridine rings is 2. The Morgan fingerprint density at radius 2 is 1.90 bits per heavy atom. The lowest BCUT2D eigenvalue weighted by atomic mass is 10.0. The van der Waals surface area contributed by atoms with Gasteiger partial charge in [-0.25, -0.2) is 4.98 Å². The third-order valence-electron chi connectivity index (χ3n) is 3.50. The topological polar surface area (TPSA) is 61.5 Å². The van der Waals surface area contributed by atoms with Gasteiger partial charge in [0.15, 0.2) is 0 Å². The molecule has 0 spiro atoms. The SMILES string of the molecule is O=c1[nH]c2ccccc2cc1-c1ccnc2[nH]ccc12. The fourth-order valence-corrected chi connectivity index (χ4v) is 2.54. The zero-order valence-corrected chi connectivity index (χ0v) is 10.6. The number of aromatic nitrogens is 3. The minimum absolute atomic E-state index is 0.0857. The third kappa shape index (κ3) is 1.55. The van der Waals surface area contributed by atoms with Gasteiger partial charge in [0.2, 0.25) is 0 Å². The molecule has 20 heavy (non-hydrogen) atoms. The van der Waals surface area contributed by atoms with E-state index in [1.807, 2.05) is 48.7 Å². The Balaban J connectivity index is 2.09. The van der Waals surface area contributed by atoms with E-state index in [0.717, 1.165) is 27.5 Å². The zero-order valence-electron chi connectivity index (χ0n) is 10.6. The van der Waals surface area contributed by atoms with Crippen LogP contribution in [0, 0.1) is 0 Å². The van der Waals surface area contributed by atoms with Crippen LogP contribution in [0.1, 0.15) is 0 Å². The van der Waals surface area contributed by atoms with Gasteiger partial charge >= 0.3 is 0 Å². The average molecular weight is 261 g/mol. The Kier molecular flexibility index (Phi) is 2.23. The van der Waals surface area contributed by atoms with Crippen LogP contribution in [0.3, 0.4) is 0 Å². The molecule has 0 bridgehead atoms. The first kappa shape index (κ1) is 11.0. The van der Waals surface area contributed by atoms with Crippen molar-refractivity contribution in [1.82, 2.24) is 15.0 Å². The molecular formula is C16H11N3O. The predicted octanol–water partition coefficient (Wildman–Crippen LogP) is 3.07. The maximum absolute atomic E-state index is 12.3. The highest BCUT2D eigenvalue weighted by molar-refractivity contribution is 5.95. The van der Waals surface area contributed by atoms with Gasteiger partial charge in [-0.2, -0.15) is 0 Å². The molecule has 0 aliphatic carbocycles. The van der Waals surface area contributed by atoms with E-state index < -0.39 is 0 Å². The van der Waals surface area contributed by atoms with Crippen LogP contribution in [0.4, 0.5) is 0 Å². The highest BCUT2D eigenvalue weighted by Gasteiger charge is 2.09. The van der Waals surface area contributed by atoms with Gasteiger partial charge in [0.05, 0.1) is 0 Å². The maximum Gasteiger partial charge on any atom is 0.256 e. The van der Waals surface area contributed by atoms with Crippen LogP contribution in [0.25, 0.3) is 33.1 Å². The molecule has 0 radical (unpaired) electrons. The Bertz CT molecular complexity index is 982. The van der Waals surface area contributed by atoms with Crippen LogP contribution >= 0.6 is 0 Å². The molecular weight excluding hydrogens is 250 g/mol. The number of para-hydroxylation sites is 1. The summed E-state index contributed by atoms with van der Waals surface area (Å²) in [6, 6.07) is 13.5. The summed E-state index contributed by atoms with van der Waals surface area (Å²) in [4.78, 5) is 22.6. The summed E-state index contributed by atoms with van der Waals surface area (Å²) in [7, 11) is 0. The van der Waals surface area contributed by atoms with E-state index in [1.54, 1.807) is 6.20 Å². The number of hydrogen-bond acceptors (Lipinski definition) is 2. The van der Waals surface area contributed by atoms with Gasteiger partial charge in [0, 0.05) is 28.9 Å². The second-order valence-corrected chi connectivity index (χ2v) is 4.70. The van der Waals surface area contributed by atoms with Crippen LogP contribution in [-0.4, -0.2) is 15.0 Å². The molecule has 0 unspecified atom stereocenters. The Hall–Kier alpha value is -2.88. The normalized spacial score (nSPS) is 11.2. The van der Waals surface area contributed by atoms with Crippen molar-refractivity contribution >= 4 is 21.9 Å². The van der Waals surface area contributed by atoms with Crippen molar-refractivity contribution in [3.8, 4) is 11.1 Å². The minimum Gasteiger partial charge on any atom is -0.346 e. The monoisotopic (exact) mass is 261 g/mol. The summed E-state index contributed by atoms with van der Waals surface area (Å²) in [6.45, 7) is 0. The van der Waals surface area contributed by atoms with Crippen molar-refractivity contribution in [2.45, 2.75) is 0 Å². The first-order chi connectivity index (χ1) is 9.83. The second-order valence-electron chi connectivity index (χ2n) is 4.70. The molecule has 0 amide bonds. The van der Waals surface area contributed by atoms with E-state index in [-0.39, 0.29) is 5.56 Å². The van der Waals surface area contributed by atoms with E-state index >= 15 is 0 Å². The first-order valence-electron chi connectivity index (χ1n) is 6.37. The number of rotatable bonds is 1. The number of H-pyrrole nitrogens is 2. The van der Waals surface area contributed by atoms with Gasteiger partial charge in [-0.05, 0) is 35.2 Å². The molecule has 3 aromatic heterocycles. The van der Waals surface area contributed by atoms with Crippen molar-refractivity contribution < 1.29 is 0 Å². The first-order valence-corrected chi connectivity index (χ1v) is 6.37. The number of aromatic amines is 2. The van der Waals surface area contributed by atoms with Crippen molar-refractivity contribution in [3.05, 3.63) is 65.2 Å². The molecule has 0 atom stereocenters. The van der Waals surface area contributed by atoms with Gasteiger partial charge in [-0.15, -0.1) is 0 Å². The van der Waals surface area contributed by atoms with Gasteiger partial charge in [-0.3, -0.25) is 4.79 Å². The number of fused-ring (bicyclic) bond motifs is 2. The molecule has 96 valence electrons. The van der Waals surface area contributed by atoms with Gasteiger partial charge < -0.3 is 9.97 Å². The molecule has 0 fully saturated rings. The Morgan fingerprint density at radius 3 is 2.85 bits per heavy atom. The predicted molar refractivity (Wildman–Crippen MR) is 79.7 cm³/mol. The number of nitrogens with one attached hydrogen (secondary N) is 2. The van der Waals surface area contributed by atoms with Crippen molar-refractivity contribution in [1.29, 1.82) is 0 Å². The lowest BCUT2D eigenvalue weighted by Crippen LogP contribution is -2.08. The van der Waals surface area contributed by atoms with Gasteiger partial charge in [0.1, 0.15) is 5.65 Å². The van der Waals surface area contributed by atoms with Crippen LogP contribution in [0.2, 0.25) is 0 Å². The summed E-state index contributed by atoms with van der Waals surface area (Å²) in [5.41, 5.74) is 3.10. The quantitative estimate of drug-likeness (QED) is 0.553. The number of hydrogen-bond donors (Lipinski definition) is 2. The van der Waals surface area contributed by atoms with Gasteiger partial charge in [-0.1, -0.05) is 18.2 Å². The zero-order chi connectivity index (χ0) is 13.5. The molecule has 4 rings (SSSR count). The fourth-order valence-electron chi connectivity index (χ4n) is 2.54. The summed E-state index contributed by atoms with van der Waals surface area (Å²) < 4.78 is 0. The van der Waals surface area contributed by atoms with Crippen LogP contribution in [-0.2, 0) is 0 Å². The molecule has 3 heterocycles. The average Bonchev–Trinajstić information content (AvgIpc) is 2.95. The van der Waals surface area contributed by atoms with Crippen molar-refractivity contribution in [2.75, 3.05) is 0 Å². The number of benzene rings is 1. The van der Waals surface area contributed by atoms with E-state index in [1.165, 1.54) is 0 Å². The summed E-state index contributed by atoms with van der Waals surface area (Å²) in [6.07, 6.45) is 3.54. The molecule has 2 N–H and O–H groups in total. The summed E-state index contributed by atoms with van der Waals surface area (Å²) in [5, 5.41) is 1.97. The van der Waals surface area contributed by atoms with E-state index in [4.69, 9.17) is 0 Å². The Labute approximate surface area is 114 Å². The van der Waals surface area contributed by atoms with E-state index in [9.17, 15) is 4.79 Å². The lowest BCUT2D eigenvalue weighted by molar-refractivity contribution is 1.30. The largest absolute Gasteiger partial charge is 0.346 e. The van der Waals surface area contributed by atoms with Crippen LogP contribution in [0.15, 0.2) is 59.7 Å². The molecule has 0 saturated heterocycles. The second kappa shape index (κ2) is 4.06. The third-order valence-corrected chi connectivity index (χ3v) is 3.50. The Morgan fingerprint density at radius 1 is 1.00 bits per heavy atom. The molecule has 0 saturated carbocycles. The van der Waals surface area contributed by atoms with Crippen molar-refractivity contribution in [2.24, 2.45) is 0 Å². The van der Waals surface area contributed by atoms with Crippen LogP contribution in [0.5, 0.6) is 0 Å². The maximum atomic E-state index is 12.3. The molecule has 4 aromatic rings. The smallest absolute Gasteiger partial charge is 0.256 e. The minimum atomic E-state index is -0.0857. The fraction of sp³-hybridized carbons (Fsp3) is 0. The van der Waals surface area contributed by atoms with E-state index in [0.29, 0.717) is 5.56 Å². The molecule has 4 heteroatoms. The summed E-state index contributed by atoms with van der Waals surface area (Å²) in [5.74, 6) is 0. The van der Waals surface area contributed by atoms with Gasteiger partial charge in [0.25, 0.3) is 5.56 Å². The standard InChI is InChI=1S/C16H11N3O/c20-16-13(9-10-3-1-2-4-14(10)19-16)11-5-7-17-15-12(11)6-8-18-15/h1-9H,(H,17,18)(H,19,20). The lowest BCUT2D eigenvalue weighted by Gasteiger charge is -2.04. The van der Waals surface area contributed by atoms with E-state index in [2.05, 4.69) is 15.0 Å². The molecule has 1 aromatic carbocycles. The van der Waals surface area contributed by atoms with Crippen LogP contribution < -0.4 is 5.56 Å². The van der Waals surface area contributed by atoms with Crippen molar-refractivity contribution in [3.63, 3.8) is 0 Å². The number of nitrogens with zero attached hydrogens (tertiary/aromatic N) is 1. The molecule has 4 nitrogen and oxygen atoms in total. The highest BCUT2D eigenvalue weighted by atomic mass is 16.1. The summed E-state index contributed by atoms with van der Waals surface area (Å²) >= 11 is 0. The molecule has 0 aliphatic heterocycles. The highest BCUT2D eigenvalue weighted by Crippen LogP contribution is 2.25.